The molecule has 0 aliphatic carbocycles. The number of carboxylic acids is 1. The summed E-state index contributed by atoms with van der Waals surface area (Å²) in [6, 6.07) is 10.7. The molecule has 1 heterocycles. The highest BCUT2D eigenvalue weighted by Crippen LogP contribution is 2.13. The third-order valence-electron chi connectivity index (χ3n) is 3.31. The molecule has 6 nitrogen and oxygen atoms in total. The lowest BCUT2D eigenvalue weighted by molar-refractivity contribution is -0.138. The Morgan fingerprint density at radius 2 is 2.09 bits per heavy atom. The smallest absolute Gasteiger partial charge is 0.326 e. The molecule has 0 saturated carbocycles. The second kappa shape index (κ2) is 8.73. The third kappa shape index (κ3) is 5.58. The average molecular weight is 315 g/mol. The molecule has 0 spiro atoms. The molecular weight excluding hydrogens is 294 g/mol. The number of carbonyl (C=O) groups is 1. The summed E-state index contributed by atoms with van der Waals surface area (Å²) in [5.41, 5.74) is 1.03. The standard InChI is InChI=1S/C17H21N3O3/c1-2-3-9-14(16(21)22)19-17-18-11-10-15(20-17)23-12-13-7-5-4-6-8-13/h4-8,10-11,14H,2-3,9,12H2,1H3,(H,21,22)(H,18,19,20). The normalized spacial score (nSPS) is 11.7. The van der Waals surface area contributed by atoms with Gasteiger partial charge >= 0.3 is 5.97 Å². The van der Waals surface area contributed by atoms with E-state index in [9.17, 15) is 9.90 Å². The van der Waals surface area contributed by atoms with Crippen LogP contribution in [0.3, 0.4) is 0 Å². The SMILES string of the molecule is CCCCC(Nc1nccc(OCc2ccccc2)n1)C(=O)O. The molecule has 2 aromatic rings. The van der Waals surface area contributed by atoms with E-state index in [1.165, 1.54) is 0 Å². The molecule has 0 saturated heterocycles. The Kier molecular flexibility index (Phi) is 6.35. The molecule has 0 aliphatic heterocycles. The van der Waals surface area contributed by atoms with E-state index in [0.29, 0.717) is 18.9 Å². The van der Waals surface area contributed by atoms with Gasteiger partial charge in [-0.25, -0.2) is 9.78 Å². The highest BCUT2D eigenvalue weighted by molar-refractivity contribution is 5.76. The number of hydrogen-bond donors (Lipinski definition) is 2. The van der Waals surface area contributed by atoms with Crippen molar-refractivity contribution in [1.29, 1.82) is 0 Å². The molecule has 0 amide bonds. The summed E-state index contributed by atoms with van der Waals surface area (Å²) in [7, 11) is 0. The lowest BCUT2D eigenvalue weighted by Gasteiger charge is -2.14. The average Bonchev–Trinajstić information content (AvgIpc) is 2.58. The summed E-state index contributed by atoms with van der Waals surface area (Å²) in [6.45, 7) is 2.42. The van der Waals surface area contributed by atoms with Crippen LogP contribution in [0.25, 0.3) is 0 Å². The molecule has 6 heteroatoms. The van der Waals surface area contributed by atoms with Crippen molar-refractivity contribution in [3.63, 3.8) is 0 Å². The van der Waals surface area contributed by atoms with Crippen LogP contribution in [0.4, 0.5) is 5.95 Å². The minimum atomic E-state index is -0.905. The summed E-state index contributed by atoms with van der Waals surface area (Å²) in [5.74, 6) is -0.234. The van der Waals surface area contributed by atoms with Crippen LogP contribution in [0.15, 0.2) is 42.6 Å². The van der Waals surface area contributed by atoms with E-state index in [-0.39, 0.29) is 5.95 Å². The molecule has 0 radical (unpaired) electrons. The van der Waals surface area contributed by atoms with Crippen LogP contribution in [0.1, 0.15) is 31.7 Å². The van der Waals surface area contributed by atoms with Crippen molar-refractivity contribution in [3.8, 4) is 5.88 Å². The van der Waals surface area contributed by atoms with Crippen molar-refractivity contribution in [3.05, 3.63) is 48.2 Å². The topological polar surface area (TPSA) is 84.3 Å². The molecule has 2 rings (SSSR count). The van der Waals surface area contributed by atoms with Crippen molar-refractivity contribution in [2.24, 2.45) is 0 Å². The van der Waals surface area contributed by atoms with Crippen LogP contribution in [0.2, 0.25) is 0 Å². The third-order valence-corrected chi connectivity index (χ3v) is 3.31. The van der Waals surface area contributed by atoms with Crippen molar-refractivity contribution in [2.75, 3.05) is 5.32 Å². The number of unbranched alkanes of at least 4 members (excludes halogenated alkanes) is 1. The minimum Gasteiger partial charge on any atom is -0.480 e. The number of rotatable bonds is 9. The van der Waals surface area contributed by atoms with Crippen LogP contribution in [0.5, 0.6) is 5.88 Å². The molecule has 0 aliphatic rings. The largest absolute Gasteiger partial charge is 0.480 e. The zero-order chi connectivity index (χ0) is 16.5. The maximum Gasteiger partial charge on any atom is 0.326 e. The number of hydrogen-bond acceptors (Lipinski definition) is 5. The lowest BCUT2D eigenvalue weighted by Crippen LogP contribution is -2.30. The molecule has 0 fully saturated rings. The summed E-state index contributed by atoms with van der Waals surface area (Å²) in [5, 5.41) is 12.1. The highest BCUT2D eigenvalue weighted by Gasteiger charge is 2.17. The van der Waals surface area contributed by atoms with Crippen LogP contribution in [-0.4, -0.2) is 27.1 Å². The van der Waals surface area contributed by atoms with Crippen molar-refractivity contribution < 1.29 is 14.6 Å². The highest BCUT2D eigenvalue weighted by atomic mass is 16.5. The number of aromatic nitrogens is 2. The molecule has 2 N–H and O–H groups in total. The molecular formula is C17H21N3O3. The fourth-order valence-corrected chi connectivity index (χ4v) is 2.05. The number of ether oxygens (including phenoxy) is 1. The van der Waals surface area contributed by atoms with Crippen molar-refractivity contribution in [2.45, 2.75) is 38.8 Å². The van der Waals surface area contributed by atoms with Gasteiger partial charge in [-0.15, -0.1) is 0 Å². The zero-order valence-corrected chi connectivity index (χ0v) is 13.1. The number of carboxylic acid groups (broad SMARTS) is 1. The summed E-state index contributed by atoms with van der Waals surface area (Å²) < 4.78 is 5.62. The van der Waals surface area contributed by atoms with Gasteiger partial charge < -0.3 is 15.2 Å². The molecule has 23 heavy (non-hydrogen) atoms. The molecule has 1 aromatic heterocycles. The van der Waals surface area contributed by atoms with E-state index in [1.807, 2.05) is 37.3 Å². The van der Waals surface area contributed by atoms with Gasteiger partial charge in [0.25, 0.3) is 0 Å². The lowest BCUT2D eigenvalue weighted by atomic mass is 10.1. The van der Waals surface area contributed by atoms with Gasteiger partial charge in [-0.05, 0) is 12.0 Å². The fourth-order valence-electron chi connectivity index (χ4n) is 2.05. The molecule has 1 atom stereocenters. The van der Waals surface area contributed by atoms with Gasteiger partial charge in [0.05, 0.1) is 0 Å². The quantitative estimate of drug-likeness (QED) is 0.739. The Bertz CT molecular complexity index is 619. The number of nitrogens with one attached hydrogen (secondary N) is 1. The first-order valence-electron chi connectivity index (χ1n) is 7.68. The Morgan fingerprint density at radius 3 is 2.78 bits per heavy atom. The molecule has 1 unspecified atom stereocenters. The van der Waals surface area contributed by atoms with Crippen molar-refractivity contribution >= 4 is 11.9 Å². The van der Waals surface area contributed by atoms with E-state index in [4.69, 9.17) is 4.74 Å². The van der Waals surface area contributed by atoms with E-state index in [1.54, 1.807) is 12.3 Å². The van der Waals surface area contributed by atoms with Crippen LogP contribution in [-0.2, 0) is 11.4 Å². The van der Waals surface area contributed by atoms with Crippen LogP contribution < -0.4 is 10.1 Å². The van der Waals surface area contributed by atoms with Gasteiger partial charge in [0.2, 0.25) is 11.8 Å². The number of benzene rings is 1. The predicted molar refractivity (Wildman–Crippen MR) is 87.4 cm³/mol. The number of nitrogens with zero attached hydrogens (tertiary/aromatic N) is 2. The maximum atomic E-state index is 11.3. The first kappa shape index (κ1) is 16.7. The zero-order valence-electron chi connectivity index (χ0n) is 13.1. The minimum absolute atomic E-state index is 0.263. The Balaban J connectivity index is 1.96. The molecule has 1 aromatic carbocycles. The van der Waals surface area contributed by atoms with Gasteiger partial charge in [0.1, 0.15) is 12.6 Å². The summed E-state index contributed by atoms with van der Waals surface area (Å²) >= 11 is 0. The fraction of sp³-hybridized carbons (Fsp3) is 0.353. The van der Waals surface area contributed by atoms with Crippen LogP contribution in [0, 0.1) is 0 Å². The van der Waals surface area contributed by atoms with Crippen LogP contribution >= 0.6 is 0 Å². The molecule has 0 bridgehead atoms. The van der Waals surface area contributed by atoms with Gasteiger partial charge in [-0.3, -0.25) is 0 Å². The van der Waals surface area contributed by atoms with Gasteiger partial charge in [-0.2, -0.15) is 4.98 Å². The predicted octanol–water partition coefficient (Wildman–Crippen LogP) is 3.11. The number of anilines is 1. The van der Waals surface area contributed by atoms with Gasteiger partial charge in [0, 0.05) is 12.3 Å². The Hall–Kier alpha value is -2.63. The summed E-state index contributed by atoms with van der Waals surface area (Å²) in [6.07, 6.45) is 3.85. The Labute approximate surface area is 135 Å². The number of aliphatic carboxylic acids is 1. The first-order chi connectivity index (χ1) is 11.2. The second-order valence-electron chi connectivity index (χ2n) is 5.17. The first-order valence-corrected chi connectivity index (χ1v) is 7.68. The van der Waals surface area contributed by atoms with Gasteiger partial charge in [-0.1, -0.05) is 50.1 Å². The Morgan fingerprint density at radius 1 is 1.30 bits per heavy atom. The van der Waals surface area contributed by atoms with Gasteiger partial charge in [0.15, 0.2) is 0 Å². The monoisotopic (exact) mass is 315 g/mol. The summed E-state index contributed by atoms with van der Waals surface area (Å²) in [4.78, 5) is 19.5. The van der Waals surface area contributed by atoms with E-state index >= 15 is 0 Å². The second-order valence-corrected chi connectivity index (χ2v) is 5.17. The van der Waals surface area contributed by atoms with E-state index in [2.05, 4.69) is 15.3 Å². The van der Waals surface area contributed by atoms with E-state index < -0.39 is 12.0 Å². The van der Waals surface area contributed by atoms with E-state index in [0.717, 1.165) is 18.4 Å². The maximum absolute atomic E-state index is 11.3. The molecule has 122 valence electrons. The van der Waals surface area contributed by atoms with Crippen molar-refractivity contribution in [1.82, 2.24) is 9.97 Å².